The molecule has 0 aromatic carbocycles. The van der Waals surface area contributed by atoms with E-state index in [0.717, 1.165) is 24.3 Å². The SMILES string of the molecule is CCCC(C)NC(=O)C(C)NCc1cc(C)on1. The van der Waals surface area contributed by atoms with Gasteiger partial charge in [0.05, 0.1) is 11.7 Å². The Balaban J connectivity index is 2.31. The van der Waals surface area contributed by atoms with E-state index >= 15 is 0 Å². The maximum absolute atomic E-state index is 11.8. The topological polar surface area (TPSA) is 67.2 Å². The van der Waals surface area contributed by atoms with E-state index in [0.29, 0.717) is 6.54 Å². The Morgan fingerprint density at radius 3 is 2.78 bits per heavy atom. The minimum absolute atomic E-state index is 0.0242. The number of carbonyl (C=O) groups excluding carboxylic acids is 1. The molecule has 5 nitrogen and oxygen atoms in total. The summed E-state index contributed by atoms with van der Waals surface area (Å²) in [6.07, 6.45) is 2.07. The zero-order valence-corrected chi connectivity index (χ0v) is 11.6. The van der Waals surface area contributed by atoms with Crippen LogP contribution in [0.2, 0.25) is 0 Å². The van der Waals surface area contributed by atoms with E-state index in [1.807, 2.05) is 26.8 Å². The van der Waals surface area contributed by atoms with Crippen molar-refractivity contribution < 1.29 is 9.32 Å². The molecule has 0 saturated carbocycles. The first-order valence-corrected chi connectivity index (χ1v) is 6.48. The highest BCUT2D eigenvalue weighted by Crippen LogP contribution is 2.01. The fourth-order valence-electron chi connectivity index (χ4n) is 1.72. The van der Waals surface area contributed by atoms with Crippen molar-refractivity contribution in [2.45, 2.75) is 59.2 Å². The summed E-state index contributed by atoms with van der Waals surface area (Å²) in [7, 11) is 0. The summed E-state index contributed by atoms with van der Waals surface area (Å²) in [6.45, 7) is 8.36. The monoisotopic (exact) mass is 253 g/mol. The molecular weight excluding hydrogens is 230 g/mol. The minimum atomic E-state index is -0.235. The van der Waals surface area contributed by atoms with Gasteiger partial charge in [0.2, 0.25) is 5.91 Å². The van der Waals surface area contributed by atoms with E-state index in [-0.39, 0.29) is 18.0 Å². The Hall–Kier alpha value is -1.36. The minimum Gasteiger partial charge on any atom is -0.361 e. The van der Waals surface area contributed by atoms with Gasteiger partial charge in [-0.2, -0.15) is 0 Å². The third-order valence-corrected chi connectivity index (χ3v) is 2.77. The molecule has 1 aromatic heterocycles. The highest BCUT2D eigenvalue weighted by Gasteiger charge is 2.14. The van der Waals surface area contributed by atoms with Gasteiger partial charge < -0.3 is 15.2 Å². The Kier molecular flexibility index (Phi) is 5.85. The molecule has 2 atom stereocenters. The van der Waals surface area contributed by atoms with E-state index in [1.165, 1.54) is 0 Å². The average Bonchev–Trinajstić information content (AvgIpc) is 2.72. The molecule has 5 heteroatoms. The number of aromatic nitrogens is 1. The van der Waals surface area contributed by atoms with Gasteiger partial charge >= 0.3 is 0 Å². The summed E-state index contributed by atoms with van der Waals surface area (Å²) < 4.78 is 4.96. The molecule has 2 unspecified atom stereocenters. The van der Waals surface area contributed by atoms with E-state index in [2.05, 4.69) is 22.7 Å². The van der Waals surface area contributed by atoms with Gasteiger partial charge in [0.15, 0.2) is 0 Å². The number of carbonyl (C=O) groups is 1. The van der Waals surface area contributed by atoms with Crippen LogP contribution in [0.3, 0.4) is 0 Å². The zero-order valence-electron chi connectivity index (χ0n) is 11.6. The van der Waals surface area contributed by atoms with Gasteiger partial charge in [0.25, 0.3) is 0 Å². The normalized spacial score (nSPS) is 14.2. The van der Waals surface area contributed by atoms with Crippen LogP contribution in [-0.4, -0.2) is 23.1 Å². The maximum atomic E-state index is 11.8. The lowest BCUT2D eigenvalue weighted by Crippen LogP contribution is -2.45. The maximum Gasteiger partial charge on any atom is 0.237 e. The van der Waals surface area contributed by atoms with Crippen molar-refractivity contribution in [1.29, 1.82) is 0 Å². The molecule has 0 spiro atoms. The fraction of sp³-hybridized carbons (Fsp3) is 0.692. The number of amides is 1. The molecule has 2 N–H and O–H groups in total. The van der Waals surface area contributed by atoms with Gasteiger partial charge in [0.1, 0.15) is 5.76 Å². The van der Waals surface area contributed by atoms with Gasteiger partial charge in [-0.1, -0.05) is 18.5 Å². The first-order valence-electron chi connectivity index (χ1n) is 6.48. The van der Waals surface area contributed by atoms with Crippen molar-refractivity contribution in [2.75, 3.05) is 0 Å². The molecule has 1 heterocycles. The largest absolute Gasteiger partial charge is 0.361 e. The van der Waals surface area contributed by atoms with Crippen LogP contribution in [0.5, 0.6) is 0 Å². The third kappa shape index (κ3) is 4.87. The van der Waals surface area contributed by atoms with Gasteiger partial charge in [-0.3, -0.25) is 4.79 Å². The smallest absolute Gasteiger partial charge is 0.237 e. The van der Waals surface area contributed by atoms with Crippen LogP contribution >= 0.6 is 0 Å². The second kappa shape index (κ2) is 7.16. The Morgan fingerprint density at radius 1 is 1.50 bits per heavy atom. The molecule has 0 bridgehead atoms. The van der Waals surface area contributed by atoms with Gasteiger partial charge in [-0.25, -0.2) is 0 Å². The number of aryl methyl sites for hydroxylation is 1. The number of rotatable bonds is 7. The van der Waals surface area contributed by atoms with Crippen LogP contribution in [0.15, 0.2) is 10.6 Å². The van der Waals surface area contributed by atoms with Crippen molar-refractivity contribution in [1.82, 2.24) is 15.8 Å². The molecule has 0 aliphatic rings. The predicted octanol–water partition coefficient (Wildman–Crippen LogP) is 1.77. The van der Waals surface area contributed by atoms with Gasteiger partial charge in [-0.05, 0) is 27.2 Å². The van der Waals surface area contributed by atoms with Gasteiger partial charge in [-0.15, -0.1) is 0 Å². The van der Waals surface area contributed by atoms with Crippen molar-refractivity contribution in [3.05, 3.63) is 17.5 Å². The summed E-state index contributed by atoms with van der Waals surface area (Å²) in [6, 6.07) is 1.85. The molecule has 1 rings (SSSR count). The van der Waals surface area contributed by atoms with Crippen molar-refractivity contribution in [2.24, 2.45) is 0 Å². The van der Waals surface area contributed by atoms with Crippen LogP contribution < -0.4 is 10.6 Å². The quantitative estimate of drug-likeness (QED) is 0.777. The fourth-order valence-corrected chi connectivity index (χ4v) is 1.72. The third-order valence-electron chi connectivity index (χ3n) is 2.77. The molecule has 0 saturated heterocycles. The molecule has 102 valence electrons. The first-order chi connectivity index (χ1) is 8.52. The summed E-state index contributed by atoms with van der Waals surface area (Å²) in [5.41, 5.74) is 0.814. The number of hydrogen-bond acceptors (Lipinski definition) is 4. The van der Waals surface area contributed by atoms with Crippen LogP contribution in [0.4, 0.5) is 0 Å². The van der Waals surface area contributed by atoms with E-state index < -0.39 is 0 Å². The molecule has 18 heavy (non-hydrogen) atoms. The van der Waals surface area contributed by atoms with Crippen LogP contribution in [0, 0.1) is 6.92 Å². The van der Waals surface area contributed by atoms with Crippen LogP contribution in [0.1, 0.15) is 45.1 Å². The summed E-state index contributed by atoms with van der Waals surface area (Å²) in [4.78, 5) is 11.8. The Bertz CT molecular complexity index is 376. The molecule has 1 amide bonds. The second-order valence-corrected chi connectivity index (χ2v) is 4.73. The molecule has 0 aliphatic heterocycles. The van der Waals surface area contributed by atoms with Crippen LogP contribution in [0.25, 0.3) is 0 Å². The van der Waals surface area contributed by atoms with E-state index in [9.17, 15) is 4.79 Å². The summed E-state index contributed by atoms with van der Waals surface area (Å²) in [5, 5.41) is 9.97. The predicted molar refractivity (Wildman–Crippen MR) is 70.1 cm³/mol. The highest BCUT2D eigenvalue weighted by molar-refractivity contribution is 5.81. The van der Waals surface area contributed by atoms with E-state index in [1.54, 1.807) is 0 Å². The Morgan fingerprint density at radius 2 is 2.22 bits per heavy atom. The van der Waals surface area contributed by atoms with Crippen molar-refractivity contribution in [3.8, 4) is 0 Å². The highest BCUT2D eigenvalue weighted by atomic mass is 16.5. The number of nitrogens with one attached hydrogen (secondary N) is 2. The van der Waals surface area contributed by atoms with Gasteiger partial charge in [0, 0.05) is 18.7 Å². The summed E-state index contributed by atoms with van der Waals surface area (Å²) in [5.74, 6) is 0.802. The molecule has 0 radical (unpaired) electrons. The molecule has 0 aliphatic carbocycles. The molecule has 1 aromatic rings. The average molecular weight is 253 g/mol. The second-order valence-electron chi connectivity index (χ2n) is 4.73. The van der Waals surface area contributed by atoms with Crippen LogP contribution in [-0.2, 0) is 11.3 Å². The number of nitrogens with zero attached hydrogens (tertiary/aromatic N) is 1. The molecule has 0 fully saturated rings. The lowest BCUT2D eigenvalue weighted by molar-refractivity contribution is -0.123. The summed E-state index contributed by atoms with van der Waals surface area (Å²) >= 11 is 0. The zero-order chi connectivity index (χ0) is 13.5. The number of hydrogen-bond donors (Lipinski definition) is 2. The van der Waals surface area contributed by atoms with E-state index in [4.69, 9.17) is 4.52 Å². The van der Waals surface area contributed by atoms with Crippen molar-refractivity contribution in [3.63, 3.8) is 0 Å². The van der Waals surface area contributed by atoms with Crippen molar-refractivity contribution >= 4 is 5.91 Å². The molecular formula is C13H23N3O2. The lowest BCUT2D eigenvalue weighted by atomic mass is 10.2. The standard InChI is InChI=1S/C13H23N3O2/c1-5-6-9(2)15-13(17)11(4)14-8-12-7-10(3)18-16-12/h7,9,11,14H,5-6,8H2,1-4H3,(H,15,17). The Labute approximate surface area is 108 Å². The lowest BCUT2D eigenvalue weighted by Gasteiger charge is -2.17. The first kappa shape index (κ1) is 14.7.